The van der Waals surface area contributed by atoms with E-state index in [1.165, 1.54) is 4.90 Å². The molecule has 100 valence electrons. The van der Waals surface area contributed by atoms with Crippen molar-refractivity contribution < 1.29 is 14.0 Å². The second-order valence-corrected chi connectivity index (χ2v) is 6.63. The normalized spacial score (nSPS) is 19.3. The number of carbonyl (C=O) groups excluding carboxylic acids is 2. The summed E-state index contributed by atoms with van der Waals surface area (Å²) in [6, 6.07) is 1.44. The van der Waals surface area contributed by atoms with Crippen molar-refractivity contribution in [3.8, 4) is 0 Å². The molecule has 1 saturated heterocycles. The molecule has 0 bridgehead atoms. The van der Waals surface area contributed by atoms with E-state index in [1.54, 1.807) is 25.1 Å². The van der Waals surface area contributed by atoms with Gasteiger partial charge in [0.15, 0.2) is 3.77 Å². The van der Waals surface area contributed by atoms with E-state index in [1.807, 2.05) is 22.6 Å². The fourth-order valence-electron chi connectivity index (χ4n) is 1.50. The Hall–Kier alpha value is -0.540. The number of halogens is 2. The highest BCUT2D eigenvalue weighted by molar-refractivity contribution is 14.1. The minimum Gasteiger partial charge on any atom is -0.450 e. The number of hydrogen-bond acceptors (Lipinski definition) is 4. The minimum absolute atomic E-state index is 0.288. The second-order valence-electron chi connectivity index (χ2n) is 3.80. The van der Waals surface area contributed by atoms with Gasteiger partial charge in [-0.2, -0.15) is 0 Å². The van der Waals surface area contributed by atoms with E-state index in [9.17, 15) is 9.59 Å². The number of amides is 2. The van der Waals surface area contributed by atoms with Crippen molar-refractivity contribution in [2.75, 3.05) is 0 Å². The molecule has 0 spiro atoms. The number of thioether (sulfide) groups is 1. The molecular formula is C12H9BrINO3S. The van der Waals surface area contributed by atoms with Gasteiger partial charge in [0.1, 0.15) is 5.76 Å². The van der Waals surface area contributed by atoms with E-state index >= 15 is 0 Å². The summed E-state index contributed by atoms with van der Waals surface area (Å²) in [4.78, 5) is 25.5. The molecule has 0 unspecified atom stereocenters. The molecule has 0 aromatic carbocycles. The second kappa shape index (κ2) is 5.84. The van der Waals surface area contributed by atoms with Crippen LogP contribution >= 0.6 is 50.3 Å². The summed E-state index contributed by atoms with van der Waals surface area (Å²) >= 11 is 6.27. The van der Waals surface area contributed by atoms with Crippen LogP contribution < -0.4 is 0 Å². The van der Waals surface area contributed by atoms with E-state index < -0.39 is 0 Å². The van der Waals surface area contributed by atoms with Gasteiger partial charge in [-0.05, 0) is 40.7 Å². The molecule has 1 aromatic rings. The maximum atomic E-state index is 12.1. The van der Waals surface area contributed by atoms with Crippen LogP contribution in [0.4, 0.5) is 4.79 Å². The number of rotatable bonds is 3. The van der Waals surface area contributed by atoms with Crippen molar-refractivity contribution in [1.29, 1.82) is 0 Å². The average molecular weight is 454 g/mol. The van der Waals surface area contributed by atoms with Gasteiger partial charge in [0.2, 0.25) is 0 Å². The molecule has 19 heavy (non-hydrogen) atoms. The third kappa shape index (κ3) is 2.97. The smallest absolute Gasteiger partial charge is 0.294 e. The predicted molar refractivity (Wildman–Crippen MR) is 86.6 cm³/mol. The standard InChI is InChI=1S/C12H9BrINO3S/c1-3-6(2)15-11(16)9(19-12(15)17)5-7-4-8(13)10(14)18-7/h3-6H,1H2,2H3/b9-5-/t6-/m0/s1. The molecule has 0 N–H and O–H groups in total. The summed E-state index contributed by atoms with van der Waals surface area (Å²) in [5.41, 5.74) is 0. The fourth-order valence-corrected chi connectivity index (χ4v) is 3.11. The first-order chi connectivity index (χ1) is 8.93. The Morgan fingerprint density at radius 2 is 2.26 bits per heavy atom. The lowest BCUT2D eigenvalue weighted by molar-refractivity contribution is -0.123. The Kier molecular flexibility index (Phi) is 4.57. The number of nitrogens with zero attached hydrogens (tertiary/aromatic N) is 1. The van der Waals surface area contributed by atoms with Gasteiger partial charge in [-0.15, -0.1) is 6.58 Å². The molecule has 1 aliphatic rings. The molecule has 1 fully saturated rings. The molecule has 4 nitrogen and oxygen atoms in total. The summed E-state index contributed by atoms with van der Waals surface area (Å²) in [6.07, 6.45) is 3.14. The summed E-state index contributed by atoms with van der Waals surface area (Å²) in [5, 5.41) is -0.288. The van der Waals surface area contributed by atoms with Crippen LogP contribution in [-0.2, 0) is 4.79 Å². The highest BCUT2D eigenvalue weighted by Crippen LogP contribution is 2.34. The first-order valence-corrected chi connectivity index (χ1v) is 7.97. The van der Waals surface area contributed by atoms with Crippen LogP contribution in [0.3, 0.4) is 0 Å². The highest BCUT2D eigenvalue weighted by Gasteiger charge is 2.37. The fraction of sp³-hybridized carbons (Fsp3) is 0.167. The van der Waals surface area contributed by atoms with Gasteiger partial charge >= 0.3 is 0 Å². The zero-order chi connectivity index (χ0) is 14.2. The molecule has 1 atom stereocenters. The third-order valence-electron chi connectivity index (χ3n) is 2.51. The van der Waals surface area contributed by atoms with E-state index in [2.05, 4.69) is 22.5 Å². The lowest BCUT2D eigenvalue weighted by Gasteiger charge is -2.17. The van der Waals surface area contributed by atoms with Gasteiger partial charge in [0.05, 0.1) is 15.4 Å². The maximum Gasteiger partial charge on any atom is 0.294 e. The van der Waals surface area contributed by atoms with E-state index in [0.29, 0.717) is 14.4 Å². The van der Waals surface area contributed by atoms with Crippen LogP contribution in [0, 0.1) is 3.77 Å². The van der Waals surface area contributed by atoms with Gasteiger partial charge in [0.25, 0.3) is 11.1 Å². The van der Waals surface area contributed by atoms with Gasteiger partial charge in [-0.25, -0.2) is 0 Å². The molecule has 1 aliphatic heterocycles. The Bertz CT molecular complexity index is 576. The van der Waals surface area contributed by atoms with Crippen molar-refractivity contribution in [2.24, 2.45) is 0 Å². The monoisotopic (exact) mass is 453 g/mol. The van der Waals surface area contributed by atoms with Crippen molar-refractivity contribution in [1.82, 2.24) is 4.90 Å². The number of furan rings is 1. The van der Waals surface area contributed by atoms with Crippen LogP contribution in [0.1, 0.15) is 12.7 Å². The SMILES string of the molecule is C=C[C@H](C)N1C(=O)S/C(=C\c2cc(Br)c(I)o2)C1=O. The predicted octanol–water partition coefficient (Wildman–Crippen LogP) is 4.26. The summed E-state index contributed by atoms with van der Waals surface area (Å²) in [5.74, 6) is 0.220. The molecule has 0 aliphatic carbocycles. The molecule has 2 rings (SSSR count). The van der Waals surface area contributed by atoms with E-state index in [4.69, 9.17) is 4.42 Å². The molecule has 0 saturated carbocycles. The molecule has 2 heterocycles. The zero-order valence-corrected chi connectivity index (χ0v) is 14.4. The number of carbonyl (C=O) groups is 2. The lowest BCUT2D eigenvalue weighted by atomic mass is 10.3. The third-order valence-corrected chi connectivity index (χ3v) is 5.52. The van der Waals surface area contributed by atoms with Crippen LogP contribution in [0.15, 0.2) is 32.5 Å². The van der Waals surface area contributed by atoms with Crippen molar-refractivity contribution in [3.05, 3.63) is 37.6 Å². The maximum absolute atomic E-state index is 12.1. The summed E-state index contributed by atoms with van der Waals surface area (Å²) in [7, 11) is 0. The largest absolute Gasteiger partial charge is 0.450 e. The molecule has 1 aromatic heterocycles. The highest BCUT2D eigenvalue weighted by atomic mass is 127. The Labute approximate surface area is 136 Å². The molecule has 7 heteroatoms. The molecule has 2 amide bonds. The van der Waals surface area contributed by atoms with Gasteiger partial charge in [0, 0.05) is 28.7 Å². The van der Waals surface area contributed by atoms with Crippen LogP contribution in [0.5, 0.6) is 0 Å². The van der Waals surface area contributed by atoms with Crippen LogP contribution in [-0.4, -0.2) is 22.1 Å². The topological polar surface area (TPSA) is 50.5 Å². The Morgan fingerprint density at radius 3 is 2.79 bits per heavy atom. The first kappa shape index (κ1) is 14.9. The van der Waals surface area contributed by atoms with E-state index in [-0.39, 0.29) is 17.2 Å². The number of hydrogen-bond donors (Lipinski definition) is 0. The van der Waals surface area contributed by atoms with Gasteiger partial charge in [-0.1, -0.05) is 6.08 Å². The Morgan fingerprint density at radius 1 is 1.58 bits per heavy atom. The zero-order valence-electron chi connectivity index (χ0n) is 9.85. The van der Waals surface area contributed by atoms with Crippen molar-refractivity contribution >= 4 is 67.5 Å². The summed E-state index contributed by atoms with van der Waals surface area (Å²) in [6.45, 7) is 5.35. The van der Waals surface area contributed by atoms with Crippen LogP contribution in [0.25, 0.3) is 6.08 Å². The van der Waals surface area contributed by atoms with Crippen molar-refractivity contribution in [2.45, 2.75) is 13.0 Å². The molecule has 0 radical (unpaired) electrons. The minimum atomic E-state index is -0.318. The number of imide groups is 1. The lowest BCUT2D eigenvalue weighted by Crippen LogP contribution is -2.35. The Balaban J connectivity index is 2.30. The quantitative estimate of drug-likeness (QED) is 0.390. The van der Waals surface area contributed by atoms with E-state index in [0.717, 1.165) is 16.2 Å². The van der Waals surface area contributed by atoms with Crippen molar-refractivity contribution in [3.63, 3.8) is 0 Å². The summed E-state index contributed by atoms with van der Waals surface area (Å²) < 4.78 is 6.94. The van der Waals surface area contributed by atoms with Gasteiger partial charge < -0.3 is 4.42 Å². The average Bonchev–Trinajstić information content (AvgIpc) is 2.80. The molecular weight excluding hydrogens is 445 g/mol. The van der Waals surface area contributed by atoms with Gasteiger partial charge in [-0.3, -0.25) is 14.5 Å². The van der Waals surface area contributed by atoms with Crippen LogP contribution in [0.2, 0.25) is 0 Å². The first-order valence-electron chi connectivity index (χ1n) is 5.28.